The third-order valence-corrected chi connectivity index (χ3v) is 2.21. The number of carbonyl (C=O) groups is 1. The summed E-state index contributed by atoms with van der Waals surface area (Å²) in [5.74, 6) is 0.612. The molecule has 1 heterocycles. The van der Waals surface area contributed by atoms with E-state index < -0.39 is 0 Å². The fourth-order valence-electron chi connectivity index (χ4n) is 1.46. The molecule has 0 fully saturated rings. The van der Waals surface area contributed by atoms with Crippen LogP contribution in [0.2, 0.25) is 0 Å². The Balaban J connectivity index is 2.66. The van der Waals surface area contributed by atoms with Crippen LogP contribution >= 0.6 is 0 Å². The van der Waals surface area contributed by atoms with E-state index in [0.717, 1.165) is 13.0 Å². The topological polar surface area (TPSA) is 33.5 Å². The van der Waals surface area contributed by atoms with Crippen LogP contribution < -0.4 is 0 Å². The minimum Gasteiger partial charge on any atom is -0.461 e. The van der Waals surface area contributed by atoms with Crippen LogP contribution in [0.25, 0.3) is 0 Å². The fraction of sp³-hybridized carbons (Fsp3) is 0.545. The Morgan fingerprint density at radius 3 is 2.71 bits per heavy atom. The molecule has 0 amide bonds. The average Bonchev–Trinajstić information content (AvgIpc) is 2.65. The first-order valence-corrected chi connectivity index (χ1v) is 4.87. The van der Waals surface area contributed by atoms with Gasteiger partial charge in [-0.1, -0.05) is 6.92 Å². The Kier molecular flexibility index (Phi) is 3.89. The lowest BCUT2D eigenvalue weighted by Gasteiger charge is -2.17. The maximum atomic E-state index is 11.9. The smallest absolute Gasteiger partial charge is 0.202 e. The maximum absolute atomic E-state index is 11.9. The summed E-state index contributed by atoms with van der Waals surface area (Å²) in [6.45, 7) is 2.80. The molecule has 0 saturated heterocycles. The Bertz CT molecular complexity index is 277. The lowest BCUT2D eigenvalue weighted by Crippen LogP contribution is -2.27. The molecule has 0 radical (unpaired) electrons. The van der Waals surface area contributed by atoms with Gasteiger partial charge >= 0.3 is 0 Å². The number of hydrogen-bond donors (Lipinski definition) is 0. The van der Waals surface area contributed by atoms with Crippen LogP contribution in [-0.4, -0.2) is 31.3 Å². The van der Waals surface area contributed by atoms with E-state index in [1.807, 2.05) is 25.9 Å². The molecule has 1 rings (SSSR count). The normalized spacial score (nSPS) is 13.1. The Morgan fingerprint density at radius 1 is 1.57 bits per heavy atom. The van der Waals surface area contributed by atoms with Gasteiger partial charge in [-0.05, 0) is 32.6 Å². The zero-order valence-corrected chi connectivity index (χ0v) is 8.99. The van der Waals surface area contributed by atoms with E-state index in [4.69, 9.17) is 4.42 Å². The first-order valence-electron chi connectivity index (χ1n) is 4.87. The number of rotatable bonds is 5. The molecule has 1 aromatic heterocycles. The molecule has 3 heteroatoms. The molecule has 3 nitrogen and oxygen atoms in total. The van der Waals surface area contributed by atoms with Gasteiger partial charge in [-0.3, -0.25) is 4.79 Å². The highest BCUT2D eigenvalue weighted by atomic mass is 16.3. The molecule has 0 bridgehead atoms. The molecule has 0 aromatic carbocycles. The molecule has 1 unspecified atom stereocenters. The van der Waals surface area contributed by atoms with Crippen LogP contribution in [0.5, 0.6) is 0 Å². The minimum absolute atomic E-state index is 0.0381. The second kappa shape index (κ2) is 4.96. The predicted octanol–water partition coefficient (Wildman–Crippen LogP) is 2.05. The van der Waals surface area contributed by atoms with Crippen molar-refractivity contribution in [1.82, 2.24) is 4.90 Å². The summed E-state index contributed by atoms with van der Waals surface area (Å²) in [6, 6.07) is 3.47. The van der Waals surface area contributed by atoms with Gasteiger partial charge in [0, 0.05) is 12.5 Å². The van der Waals surface area contributed by atoms with Crippen LogP contribution in [0.4, 0.5) is 0 Å². The van der Waals surface area contributed by atoms with Gasteiger partial charge in [-0.25, -0.2) is 0 Å². The van der Waals surface area contributed by atoms with Crippen molar-refractivity contribution in [1.29, 1.82) is 0 Å². The number of carbonyl (C=O) groups excluding carboxylic acids is 1. The lowest BCUT2D eigenvalue weighted by molar-refractivity contribution is 0.0865. The second-order valence-electron chi connectivity index (χ2n) is 3.71. The van der Waals surface area contributed by atoms with Gasteiger partial charge in [-0.2, -0.15) is 0 Å². The van der Waals surface area contributed by atoms with Crippen LogP contribution in [0.15, 0.2) is 22.8 Å². The van der Waals surface area contributed by atoms with E-state index in [1.165, 1.54) is 6.26 Å². The molecular formula is C11H17NO2. The van der Waals surface area contributed by atoms with E-state index >= 15 is 0 Å². The van der Waals surface area contributed by atoms with E-state index in [9.17, 15) is 4.79 Å². The second-order valence-corrected chi connectivity index (χ2v) is 3.71. The molecule has 0 aliphatic carbocycles. The number of nitrogens with zero attached hydrogens (tertiary/aromatic N) is 1. The predicted molar refractivity (Wildman–Crippen MR) is 55.4 cm³/mol. The highest BCUT2D eigenvalue weighted by Gasteiger charge is 2.20. The third kappa shape index (κ3) is 2.70. The van der Waals surface area contributed by atoms with Crippen molar-refractivity contribution in [2.24, 2.45) is 5.92 Å². The van der Waals surface area contributed by atoms with Crippen LogP contribution in [0.3, 0.4) is 0 Å². The molecule has 1 atom stereocenters. The van der Waals surface area contributed by atoms with Crippen molar-refractivity contribution < 1.29 is 9.21 Å². The monoisotopic (exact) mass is 195 g/mol. The molecular weight excluding hydrogens is 178 g/mol. The van der Waals surface area contributed by atoms with Crippen molar-refractivity contribution in [2.75, 3.05) is 20.6 Å². The highest BCUT2D eigenvalue weighted by Crippen LogP contribution is 2.13. The zero-order valence-electron chi connectivity index (χ0n) is 8.99. The van der Waals surface area contributed by atoms with E-state index in [2.05, 4.69) is 0 Å². The van der Waals surface area contributed by atoms with Crippen molar-refractivity contribution in [3.8, 4) is 0 Å². The SMILES string of the molecule is CCC(CN(C)C)C(=O)c1ccco1. The molecule has 1 aromatic rings. The van der Waals surface area contributed by atoms with Crippen molar-refractivity contribution in [3.63, 3.8) is 0 Å². The summed E-state index contributed by atoms with van der Waals surface area (Å²) in [5, 5.41) is 0. The summed E-state index contributed by atoms with van der Waals surface area (Å²) in [4.78, 5) is 13.9. The molecule has 78 valence electrons. The third-order valence-electron chi connectivity index (χ3n) is 2.21. The summed E-state index contributed by atoms with van der Waals surface area (Å²) < 4.78 is 5.09. The van der Waals surface area contributed by atoms with E-state index in [0.29, 0.717) is 5.76 Å². The fourth-order valence-corrected chi connectivity index (χ4v) is 1.46. The minimum atomic E-state index is 0.0381. The first kappa shape index (κ1) is 11.0. The Morgan fingerprint density at radius 2 is 2.29 bits per heavy atom. The van der Waals surface area contributed by atoms with Crippen molar-refractivity contribution in [3.05, 3.63) is 24.2 Å². The maximum Gasteiger partial charge on any atom is 0.202 e. The molecule has 0 aliphatic rings. The van der Waals surface area contributed by atoms with Crippen molar-refractivity contribution >= 4 is 5.78 Å². The van der Waals surface area contributed by atoms with Gasteiger partial charge in [0.15, 0.2) is 5.76 Å². The molecule has 14 heavy (non-hydrogen) atoms. The van der Waals surface area contributed by atoms with Crippen molar-refractivity contribution in [2.45, 2.75) is 13.3 Å². The number of hydrogen-bond acceptors (Lipinski definition) is 3. The summed E-state index contributed by atoms with van der Waals surface area (Å²) in [5.41, 5.74) is 0. The summed E-state index contributed by atoms with van der Waals surface area (Å²) in [6.07, 6.45) is 2.38. The zero-order chi connectivity index (χ0) is 10.6. The van der Waals surface area contributed by atoms with E-state index in [-0.39, 0.29) is 11.7 Å². The van der Waals surface area contributed by atoms with Gasteiger partial charge in [0.05, 0.1) is 6.26 Å². The molecule has 0 saturated carbocycles. The van der Waals surface area contributed by atoms with E-state index in [1.54, 1.807) is 12.1 Å². The largest absolute Gasteiger partial charge is 0.461 e. The molecule has 0 spiro atoms. The average molecular weight is 195 g/mol. The summed E-state index contributed by atoms with van der Waals surface area (Å²) in [7, 11) is 3.94. The number of ketones is 1. The summed E-state index contributed by atoms with van der Waals surface area (Å²) >= 11 is 0. The lowest BCUT2D eigenvalue weighted by atomic mass is 9.99. The quantitative estimate of drug-likeness (QED) is 0.674. The van der Waals surface area contributed by atoms with Gasteiger partial charge in [0.1, 0.15) is 0 Å². The highest BCUT2D eigenvalue weighted by molar-refractivity contribution is 5.95. The van der Waals surface area contributed by atoms with Crippen LogP contribution in [-0.2, 0) is 0 Å². The Labute approximate surface area is 84.7 Å². The van der Waals surface area contributed by atoms with Gasteiger partial charge < -0.3 is 9.32 Å². The van der Waals surface area contributed by atoms with Crippen LogP contribution in [0, 0.1) is 5.92 Å². The van der Waals surface area contributed by atoms with Gasteiger partial charge in [0.25, 0.3) is 0 Å². The number of Topliss-reactive ketones (excluding diaryl/α,β-unsaturated/α-hetero) is 1. The molecule has 0 aliphatic heterocycles. The van der Waals surface area contributed by atoms with Gasteiger partial charge in [0.2, 0.25) is 5.78 Å². The Hall–Kier alpha value is -1.09. The number of furan rings is 1. The standard InChI is InChI=1S/C11H17NO2/c1-4-9(8-12(2)3)11(13)10-6-5-7-14-10/h5-7,9H,4,8H2,1-3H3. The first-order chi connectivity index (χ1) is 6.65. The van der Waals surface area contributed by atoms with Crippen LogP contribution in [0.1, 0.15) is 23.9 Å². The van der Waals surface area contributed by atoms with Gasteiger partial charge in [-0.15, -0.1) is 0 Å². The molecule has 0 N–H and O–H groups in total.